The first-order valence-electron chi connectivity index (χ1n) is 8.63. The molecule has 134 valence electrons. The Morgan fingerprint density at radius 1 is 1.04 bits per heavy atom. The van der Waals surface area contributed by atoms with Crippen molar-refractivity contribution in [2.45, 2.75) is 32.6 Å². The van der Waals surface area contributed by atoms with E-state index in [1.165, 1.54) is 5.56 Å². The van der Waals surface area contributed by atoms with Gasteiger partial charge in [-0.05, 0) is 47.7 Å². The number of hydrogen-bond donors (Lipinski definition) is 2. The monoisotopic (exact) mass is 340 g/mol. The van der Waals surface area contributed by atoms with Gasteiger partial charge in [0.15, 0.2) is 0 Å². The molecule has 0 spiro atoms. The predicted molar refractivity (Wildman–Crippen MR) is 103 cm³/mol. The van der Waals surface area contributed by atoms with E-state index in [1.54, 1.807) is 7.11 Å². The number of rotatable bonds is 7. The molecule has 4 nitrogen and oxygen atoms in total. The molecule has 25 heavy (non-hydrogen) atoms. The summed E-state index contributed by atoms with van der Waals surface area (Å²) in [5.41, 5.74) is 3.32. The number of ether oxygens (including phenoxy) is 1. The molecule has 0 saturated heterocycles. The van der Waals surface area contributed by atoms with Crippen molar-refractivity contribution in [3.8, 4) is 5.75 Å². The van der Waals surface area contributed by atoms with Gasteiger partial charge in [-0.3, -0.25) is 4.79 Å². The molecular formula is C21H28N2O2. The molecule has 0 saturated carbocycles. The van der Waals surface area contributed by atoms with E-state index in [2.05, 4.69) is 43.5 Å². The average molecular weight is 340 g/mol. The first-order chi connectivity index (χ1) is 11.9. The van der Waals surface area contributed by atoms with Crippen LogP contribution in [0.3, 0.4) is 0 Å². The number of carbonyl (C=O) groups excluding carboxylic acids is 1. The van der Waals surface area contributed by atoms with Crippen molar-refractivity contribution >= 4 is 11.6 Å². The Morgan fingerprint density at radius 2 is 1.72 bits per heavy atom. The number of anilines is 1. The third kappa shape index (κ3) is 5.91. The predicted octanol–water partition coefficient (Wildman–Crippen LogP) is 3.76. The quantitative estimate of drug-likeness (QED) is 0.755. The fourth-order valence-corrected chi connectivity index (χ4v) is 2.59. The zero-order chi connectivity index (χ0) is 18.3. The Bertz CT molecular complexity index is 688. The maximum atomic E-state index is 12.0. The summed E-state index contributed by atoms with van der Waals surface area (Å²) in [7, 11) is 1.67. The molecule has 0 atom stereocenters. The normalized spacial score (nSPS) is 11.2. The van der Waals surface area contributed by atoms with Crippen LogP contribution in [0.25, 0.3) is 0 Å². The van der Waals surface area contributed by atoms with Crippen LogP contribution in [0.2, 0.25) is 0 Å². The number of hydrogen-bond acceptors (Lipinski definition) is 3. The Kier molecular flexibility index (Phi) is 6.59. The maximum absolute atomic E-state index is 12.0. The van der Waals surface area contributed by atoms with Crippen molar-refractivity contribution in [1.82, 2.24) is 5.32 Å². The van der Waals surface area contributed by atoms with Gasteiger partial charge in [0, 0.05) is 5.69 Å². The summed E-state index contributed by atoms with van der Waals surface area (Å²) in [5, 5.41) is 6.09. The Morgan fingerprint density at radius 3 is 2.36 bits per heavy atom. The first-order valence-corrected chi connectivity index (χ1v) is 8.63. The molecule has 2 N–H and O–H groups in total. The number of nitrogens with one attached hydrogen (secondary N) is 2. The molecule has 4 heteroatoms. The Hall–Kier alpha value is -2.33. The smallest absolute Gasteiger partial charge is 0.238 e. The summed E-state index contributed by atoms with van der Waals surface area (Å²) in [6.45, 7) is 7.53. The van der Waals surface area contributed by atoms with E-state index in [4.69, 9.17) is 4.74 Å². The van der Waals surface area contributed by atoms with Gasteiger partial charge in [0.05, 0.1) is 13.7 Å². The van der Waals surface area contributed by atoms with Gasteiger partial charge in [0.25, 0.3) is 0 Å². The van der Waals surface area contributed by atoms with Crippen LogP contribution in [0.5, 0.6) is 5.75 Å². The van der Waals surface area contributed by atoms with Gasteiger partial charge >= 0.3 is 0 Å². The lowest BCUT2D eigenvalue weighted by atomic mass is 9.87. The minimum Gasteiger partial charge on any atom is -0.496 e. The van der Waals surface area contributed by atoms with Crippen LogP contribution in [0.4, 0.5) is 5.69 Å². The van der Waals surface area contributed by atoms with Crippen LogP contribution in [0.15, 0.2) is 48.5 Å². The molecule has 0 unspecified atom stereocenters. The number of carbonyl (C=O) groups is 1. The molecule has 0 aliphatic carbocycles. The highest BCUT2D eigenvalue weighted by molar-refractivity contribution is 5.92. The van der Waals surface area contributed by atoms with E-state index >= 15 is 0 Å². The van der Waals surface area contributed by atoms with Crippen LogP contribution in [0.1, 0.15) is 31.9 Å². The van der Waals surface area contributed by atoms with E-state index in [0.29, 0.717) is 0 Å². The lowest BCUT2D eigenvalue weighted by Gasteiger charge is -2.19. The summed E-state index contributed by atoms with van der Waals surface area (Å²) in [4.78, 5) is 12.0. The van der Waals surface area contributed by atoms with Crippen molar-refractivity contribution in [2.24, 2.45) is 0 Å². The highest BCUT2D eigenvalue weighted by Crippen LogP contribution is 2.23. The second-order valence-corrected chi connectivity index (χ2v) is 7.11. The van der Waals surface area contributed by atoms with Gasteiger partial charge in [-0.1, -0.05) is 51.1 Å². The van der Waals surface area contributed by atoms with E-state index < -0.39 is 0 Å². The molecule has 2 rings (SSSR count). The topological polar surface area (TPSA) is 50.4 Å². The Balaban J connectivity index is 1.75. The van der Waals surface area contributed by atoms with Gasteiger partial charge < -0.3 is 15.4 Å². The van der Waals surface area contributed by atoms with E-state index in [0.717, 1.165) is 30.0 Å². The van der Waals surface area contributed by atoms with Crippen LogP contribution in [-0.2, 0) is 16.6 Å². The minimum absolute atomic E-state index is 0.0384. The summed E-state index contributed by atoms with van der Waals surface area (Å²) >= 11 is 0. The van der Waals surface area contributed by atoms with Gasteiger partial charge in [-0.25, -0.2) is 0 Å². The molecular weight excluding hydrogens is 312 g/mol. The highest BCUT2D eigenvalue weighted by atomic mass is 16.5. The molecule has 0 heterocycles. The summed E-state index contributed by atoms with van der Waals surface area (Å²) < 4.78 is 5.33. The van der Waals surface area contributed by atoms with Crippen molar-refractivity contribution in [3.05, 3.63) is 59.7 Å². The second-order valence-electron chi connectivity index (χ2n) is 7.11. The Labute approximate surface area is 150 Å². The summed E-state index contributed by atoms with van der Waals surface area (Å²) in [6.07, 6.45) is 0.817. The van der Waals surface area contributed by atoms with Gasteiger partial charge in [0.2, 0.25) is 5.91 Å². The maximum Gasteiger partial charge on any atom is 0.238 e. The lowest BCUT2D eigenvalue weighted by Crippen LogP contribution is -2.29. The van der Waals surface area contributed by atoms with Gasteiger partial charge in [-0.2, -0.15) is 0 Å². The van der Waals surface area contributed by atoms with E-state index in [1.807, 2.05) is 36.4 Å². The van der Waals surface area contributed by atoms with Gasteiger partial charge in [-0.15, -0.1) is 0 Å². The average Bonchev–Trinajstić information content (AvgIpc) is 2.58. The van der Waals surface area contributed by atoms with Crippen LogP contribution >= 0.6 is 0 Å². The van der Waals surface area contributed by atoms with Crippen molar-refractivity contribution < 1.29 is 9.53 Å². The van der Waals surface area contributed by atoms with Crippen molar-refractivity contribution in [1.29, 1.82) is 0 Å². The summed E-state index contributed by atoms with van der Waals surface area (Å²) in [5.74, 6) is 0.844. The number of methoxy groups -OCH3 is 1. The van der Waals surface area contributed by atoms with Crippen molar-refractivity contribution in [2.75, 3.05) is 25.5 Å². The molecule has 0 fully saturated rings. The molecule has 1 amide bonds. The van der Waals surface area contributed by atoms with Crippen LogP contribution in [0, 0.1) is 0 Å². The lowest BCUT2D eigenvalue weighted by molar-refractivity contribution is -0.115. The van der Waals surface area contributed by atoms with Crippen LogP contribution < -0.4 is 15.4 Å². The zero-order valence-electron chi connectivity index (χ0n) is 15.6. The second kappa shape index (κ2) is 8.67. The molecule has 2 aromatic rings. The highest BCUT2D eigenvalue weighted by Gasteiger charge is 2.13. The standard InChI is InChI=1S/C21H28N2O2/c1-21(2,3)17-9-11-18(12-10-17)23-20(24)15-22-14-13-16-7-5-6-8-19(16)25-4/h5-12,22H,13-15H2,1-4H3,(H,23,24). The molecule has 0 radical (unpaired) electrons. The third-order valence-corrected chi connectivity index (χ3v) is 4.08. The SMILES string of the molecule is COc1ccccc1CCNCC(=O)Nc1ccc(C(C)(C)C)cc1. The number of para-hydroxylation sites is 1. The number of benzene rings is 2. The van der Waals surface area contributed by atoms with Crippen LogP contribution in [-0.4, -0.2) is 26.1 Å². The molecule has 0 aliphatic rings. The molecule has 0 aromatic heterocycles. The first kappa shape index (κ1) is 19.0. The largest absolute Gasteiger partial charge is 0.496 e. The molecule has 0 bridgehead atoms. The van der Waals surface area contributed by atoms with Crippen molar-refractivity contribution in [3.63, 3.8) is 0 Å². The fourth-order valence-electron chi connectivity index (χ4n) is 2.59. The molecule has 0 aliphatic heterocycles. The number of amides is 1. The fraction of sp³-hybridized carbons (Fsp3) is 0.381. The summed E-state index contributed by atoms with van der Waals surface area (Å²) in [6, 6.07) is 16.0. The van der Waals surface area contributed by atoms with E-state index in [9.17, 15) is 4.79 Å². The zero-order valence-corrected chi connectivity index (χ0v) is 15.6. The van der Waals surface area contributed by atoms with E-state index in [-0.39, 0.29) is 17.9 Å². The third-order valence-electron chi connectivity index (χ3n) is 4.08. The minimum atomic E-state index is -0.0384. The van der Waals surface area contributed by atoms with Gasteiger partial charge in [0.1, 0.15) is 5.75 Å². The molecule has 2 aromatic carbocycles.